The van der Waals surface area contributed by atoms with E-state index in [1.165, 1.54) is 35.5 Å². The van der Waals surface area contributed by atoms with Crippen molar-refractivity contribution >= 4 is 19.7 Å². The molecule has 2 atom stereocenters. The number of hydrogen-bond donors (Lipinski definition) is 3. The van der Waals surface area contributed by atoms with E-state index in [0.717, 1.165) is 95.0 Å². The molecule has 2 unspecified atom stereocenters. The molecule has 8 rings (SSSR count). The van der Waals surface area contributed by atoms with Crippen LogP contribution < -0.4 is 0 Å². The molecule has 4 aliphatic rings. The first-order valence-corrected chi connectivity index (χ1v) is 20.4. The van der Waals surface area contributed by atoms with Gasteiger partial charge < -0.3 is 15.2 Å². The lowest BCUT2D eigenvalue weighted by Crippen LogP contribution is -2.52. The van der Waals surface area contributed by atoms with Gasteiger partial charge in [-0.25, -0.2) is 21.2 Å². The van der Waals surface area contributed by atoms with Crippen molar-refractivity contribution in [2.24, 2.45) is 0 Å². The van der Waals surface area contributed by atoms with Gasteiger partial charge in [0.1, 0.15) is 5.82 Å². The van der Waals surface area contributed by atoms with Crippen LogP contribution in [0, 0.1) is 5.82 Å². The van der Waals surface area contributed by atoms with Crippen LogP contribution in [0.4, 0.5) is 4.39 Å². The van der Waals surface area contributed by atoms with Gasteiger partial charge in [-0.2, -0.15) is 0 Å². The van der Waals surface area contributed by atoms with Gasteiger partial charge >= 0.3 is 0 Å². The molecule has 9 nitrogen and oxygen atoms in total. The number of sulfone groups is 2. The molecule has 1 aromatic heterocycles. The van der Waals surface area contributed by atoms with Crippen LogP contribution in [0.2, 0.25) is 0 Å². The van der Waals surface area contributed by atoms with Crippen LogP contribution in [-0.4, -0.2) is 93.3 Å². The third-order valence-electron chi connectivity index (χ3n) is 10.5. The number of aliphatic hydroxyl groups is 2. The topological polar surface area (TPSA) is 131 Å². The number of aromatic nitrogens is 1. The zero-order chi connectivity index (χ0) is 35.0. The minimum atomic E-state index is -3.72. The van der Waals surface area contributed by atoms with E-state index < -0.39 is 25.5 Å². The molecule has 2 fully saturated rings. The number of H-pyrrole nitrogens is 1. The number of nitrogens with zero attached hydrogens (tertiary/aromatic N) is 2. The van der Waals surface area contributed by atoms with Gasteiger partial charge in [-0.15, -0.1) is 0 Å². The number of rotatable bonds is 8. The van der Waals surface area contributed by atoms with Gasteiger partial charge in [0.25, 0.3) is 0 Å². The van der Waals surface area contributed by atoms with Crippen LogP contribution in [0.1, 0.15) is 59.8 Å². The molecule has 3 heterocycles. The lowest BCUT2D eigenvalue weighted by molar-refractivity contribution is -0.00226. The Kier molecular flexibility index (Phi) is 10.0. The fraction of sp³-hybridized carbons (Fsp3) is 0.421. The Morgan fingerprint density at radius 1 is 0.660 bits per heavy atom. The van der Waals surface area contributed by atoms with E-state index in [2.05, 4.69) is 14.8 Å². The highest BCUT2D eigenvalue weighted by Gasteiger charge is 2.32. The number of hydrogen-bond acceptors (Lipinski definition) is 8. The molecule has 2 aliphatic carbocycles. The van der Waals surface area contributed by atoms with Crippen LogP contribution in [0.5, 0.6) is 0 Å². The molecule has 266 valence electrons. The first-order chi connectivity index (χ1) is 24.0. The molecule has 0 amide bonds. The second-order valence-corrected chi connectivity index (χ2v) is 18.1. The summed E-state index contributed by atoms with van der Waals surface area (Å²) in [5, 5.41) is 18.9. The minimum absolute atomic E-state index is 0.0145. The van der Waals surface area contributed by atoms with Crippen molar-refractivity contribution in [3.63, 3.8) is 0 Å². The van der Waals surface area contributed by atoms with E-state index in [0.29, 0.717) is 21.6 Å². The average Bonchev–Trinajstić information content (AvgIpc) is 3.63. The summed E-state index contributed by atoms with van der Waals surface area (Å²) in [5.74, 6) is 0.253. The van der Waals surface area contributed by atoms with Gasteiger partial charge in [0, 0.05) is 51.7 Å². The van der Waals surface area contributed by atoms with Gasteiger partial charge in [-0.1, -0.05) is 18.2 Å². The molecular formula is C38H44FN3O6S2. The van der Waals surface area contributed by atoms with Crippen molar-refractivity contribution in [1.82, 2.24) is 14.8 Å². The average molecular weight is 722 g/mol. The Morgan fingerprint density at radius 3 is 1.62 bits per heavy atom. The number of aliphatic hydroxyl groups excluding tert-OH is 2. The van der Waals surface area contributed by atoms with E-state index in [4.69, 9.17) is 0 Å². The van der Waals surface area contributed by atoms with E-state index in [1.807, 2.05) is 18.2 Å². The Bertz CT molecular complexity index is 2040. The maximum Gasteiger partial charge on any atom is 0.208 e. The summed E-state index contributed by atoms with van der Waals surface area (Å²) in [6, 6.07) is 17.6. The molecule has 0 radical (unpaired) electrons. The summed E-state index contributed by atoms with van der Waals surface area (Å²) in [6.07, 6.45) is 8.87. The van der Waals surface area contributed by atoms with E-state index in [1.54, 1.807) is 30.5 Å². The largest absolute Gasteiger partial charge is 0.390 e. The molecule has 2 saturated heterocycles. The number of nitrogens with one attached hydrogen (secondary N) is 1. The van der Waals surface area contributed by atoms with E-state index >= 15 is 0 Å². The van der Waals surface area contributed by atoms with Crippen LogP contribution in [0.15, 0.2) is 98.7 Å². The van der Waals surface area contributed by atoms with E-state index in [9.17, 15) is 31.4 Å². The number of β-amino-alcohol motifs (C(OH)–C–C–N with tert-alkyl or cyclic N) is 2. The van der Waals surface area contributed by atoms with Gasteiger partial charge in [-0.05, 0) is 121 Å². The molecule has 12 heteroatoms. The van der Waals surface area contributed by atoms with Crippen molar-refractivity contribution in [3.05, 3.63) is 107 Å². The fourth-order valence-electron chi connectivity index (χ4n) is 7.88. The number of aromatic amines is 1. The first-order valence-electron chi connectivity index (χ1n) is 17.4. The highest BCUT2D eigenvalue weighted by Crippen LogP contribution is 2.37. The Balaban J connectivity index is 0.000000157. The second-order valence-electron chi connectivity index (χ2n) is 14.2. The molecule has 0 spiro atoms. The van der Waals surface area contributed by atoms with Crippen molar-refractivity contribution in [2.45, 2.75) is 82.2 Å². The monoisotopic (exact) mass is 721 g/mol. The van der Waals surface area contributed by atoms with Crippen LogP contribution in [0.3, 0.4) is 0 Å². The molecule has 2 aliphatic heterocycles. The number of fused-ring (bicyclic) bond motifs is 2. The summed E-state index contributed by atoms with van der Waals surface area (Å²) in [4.78, 5) is 8.21. The summed E-state index contributed by atoms with van der Waals surface area (Å²) < 4.78 is 64.4. The number of likely N-dealkylation sites (tertiary alicyclic amines) is 2. The number of aryl methyl sites for hydroxylation is 2. The summed E-state index contributed by atoms with van der Waals surface area (Å²) in [7, 11) is -7.16. The smallest absolute Gasteiger partial charge is 0.208 e. The Morgan fingerprint density at radius 2 is 1.16 bits per heavy atom. The molecule has 0 saturated carbocycles. The van der Waals surface area contributed by atoms with Gasteiger partial charge in [0.15, 0.2) is 0 Å². The van der Waals surface area contributed by atoms with Gasteiger partial charge in [-0.3, -0.25) is 9.80 Å². The zero-order valence-electron chi connectivity index (χ0n) is 27.9. The Hall–Kier alpha value is -3.39. The highest BCUT2D eigenvalue weighted by molar-refractivity contribution is 7.91. The van der Waals surface area contributed by atoms with Crippen molar-refractivity contribution in [3.8, 4) is 0 Å². The van der Waals surface area contributed by atoms with Gasteiger partial charge in [0.05, 0.1) is 31.8 Å². The van der Waals surface area contributed by atoms with Crippen molar-refractivity contribution in [1.29, 1.82) is 0 Å². The predicted octanol–water partition coefficient (Wildman–Crippen LogP) is 4.70. The standard InChI is InChI=1S/C20H22FNO3S.C18H22N2O3S/c21-16-5-2-6-18(10-16)26(24,25)19-7-8-20-14(9-19)3-1-4-15(20)11-22-12-17(23)13-22;21-15-11-20(12-15)10-14-3-1-2-13-8-16(4-5-18(13)14)24(22,23)17-6-7-19-9-17/h2,5-10,15,17,23H,1,3-4,11-13H2;4-9,14-15,19,21H,1-3,10-12H2. The SMILES string of the molecule is O=S(=O)(c1cc[nH]c1)c1ccc2c(c1)CCCC2CN1CC(O)C1.O=S(=O)(c1cccc(F)c1)c1ccc2c(c1)CCCC2CN1CC(O)C1. The summed E-state index contributed by atoms with van der Waals surface area (Å²) >= 11 is 0. The molecule has 0 bridgehead atoms. The number of halogens is 1. The predicted molar refractivity (Wildman–Crippen MR) is 187 cm³/mol. The fourth-order valence-corrected chi connectivity index (χ4v) is 10.5. The minimum Gasteiger partial charge on any atom is -0.390 e. The quantitative estimate of drug-likeness (QED) is 0.239. The maximum absolute atomic E-state index is 13.4. The van der Waals surface area contributed by atoms with Crippen LogP contribution in [0.25, 0.3) is 0 Å². The lowest BCUT2D eigenvalue weighted by Gasteiger charge is -2.39. The summed E-state index contributed by atoms with van der Waals surface area (Å²) in [6.45, 7) is 4.81. The van der Waals surface area contributed by atoms with E-state index in [-0.39, 0.29) is 22.0 Å². The number of benzene rings is 3. The third kappa shape index (κ3) is 7.33. The molecule has 3 N–H and O–H groups in total. The molecular weight excluding hydrogens is 678 g/mol. The summed E-state index contributed by atoms with van der Waals surface area (Å²) in [5.41, 5.74) is 4.70. The van der Waals surface area contributed by atoms with Crippen molar-refractivity contribution in [2.75, 3.05) is 39.3 Å². The zero-order valence-corrected chi connectivity index (χ0v) is 29.5. The van der Waals surface area contributed by atoms with Crippen LogP contribution in [-0.2, 0) is 32.5 Å². The van der Waals surface area contributed by atoms with Crippen molar-refractivity contribution < 1.29 is 31.4 Å². The third-order valence-corrected chi connectivity index (χ3v) is 14.0. The molecule has 4 aromatic rings. The lowest BCUT2D eigenvalue weighted by atomic mass is 9.82. The van der Waals surface area contributed by atoms with Crippen LogP contribution >= 0.6 is 0 Å². The molecule has 50 heavy (non-hydrogen) atoms. The Labute approximate surface area is 293 Å². The first kappa shape index (κ1) is 35.0. The van der Waals surface area contributed by atoms with Gasteiger partial charge in [0.2, 0.25) is 19.7 Å². The second kappa shape index (κ2) is 14.3. The highest BCUT2D eigenvalue weighted by atomic mass is 32.2. The molecule has 3 aromatic carbocycles. The normalized spacial score (nSPS) is 21.7. The maximum atomic E-state index is 13.4.